The first kappa shape index (κ1) is 33.5. The van der Waals surface area contributed by atoms with Gasteiger partial charge in [0.2, 0.25) is 15.9 Å². The number of piperidine rings is 1. The molecular formula is C28H31F7N4O4S. The lowest BCUT2D eigenvalue weighted by atomic mass is 9.93. The number of alkyl halides is 6. The Morgan fingerprint density at radius 3 is 1.86 bits per heavy atom. The van der Waals surface area contributed by atoms with Crippen LogP contribution in [0, 0.1) is 11.7 Å². The van der Waals surface area contributed by atoms with Gasteiger partial charge in [0.1, 0.15) is 5.82 Å². The fourth-order valence-corrected chi connectivity index (χ4v) is 6.58. The van der Waals surface area contributed by atoms with E-state index in [-0.39, 0.29) is 51.0 Å². The van der Waals surface area contributed by atoms with Gasteiger partial charge in [-0.3, -0.25) is 9.69 Å². The third kappa shape index (κ3) is 7.28. The predicted octanol–water partition coefficient (Wildman–Crippen LogP) is 5.02. The third-order valence-electron chi connectivity index (χ3n) is 8.22. The van der Waals surface area contributed by atoms with Crippen LogP contribution in [-0.2, 0) is 27.2 Å². The van der Waals surface area contributed by atoms with E-state index in [1.165, 1.54) is 40.5 Å². The summed E-state index contributed by atoms with van der Waals surface area (Å²) >= 11 is 0. The van der Waals surface area contributed by atoms with Gasteiger partial charge in [0, 0.05) is 57.8 Å². The molecule has 2 aliphatic heterocycles. The fourth-order valence-electron chi connectivity index (χ4n) is 5.71. The minimum absolute atomic E-state index is 0.0142. The van der Waals surface area contributed by atoms with Crippen molar-refractivity contribution in [1.82, 2.24) is 14.1 Å². The van der Waals surface area contributed by atoms with Crippen LogP contribution in [0.15, 0.2) is 42.5 Å². The minimum Gasteiger partial charge on any atom is -0.340 e. The van der Waals surface area contributed by atoms with Gasteiger partial charge in [-0.1, -0.05) is 12.1 Å². The van der Waals surface area contributed by atoms with Gasteiger partial charge in [-0.2, -0.15) is 26.3 Å². The number of likely N-dealkylation sites (tertiary alicyclic amines) is 1. The van der Waals surface area contributed by atoms with Gasteiger partial charge in [-0.25, -0.2) is 21.9 Å². The van der Waals surface area contributed by atoms with Crippen molar-refractivity contribution in [3.63, 3.8) is 0 Å². The maximum absolute atomic E-state index is 13.7. The van der Waals surface area contributed by atoms with Crippen molar-refractivity contribution >= 4 is 27.6 Å². The minimum atomic E-state index is -5.11. The Bertz CT molecular complexity index is 1460. The number of carbonyl (C=O) groups excluding carboxylic acids is 2. The number of anilines is 1. The lowest BCUT2D eigenvalue weighted by molar-refractivity contribution is -0.143. The van der Waals surface area contributed by atoms with Gasteiger partial charge in [-0.05, 0) is 48.7 Å². The molecule has 4 rings (SSSR count). The van der Waals surface area contributed by atoms with E-state index in [1.54, 1.807) is 0 Å². The molecule has 2 saturated heterocycles. The largest absolute Gasteiger partial charge is 0.416 e. The summed E-state index contributed by atoms with van der Waals surface area (Å²) in [6, 6.07) is 4.54. The van der Waals surface area contributed by atoms with Crippen LogP contribution < -0.4 is 4.90 Å². The molecule has 44 heavy (non-hydrogen) atoms. The molecule has 16 heteroatoms. The lowest BCUT2D eigenvalue weighted by Crippen LogP contribution is -2.48. The molecule has 2 aromatic carbocycles. The van der Waals surface area contributed by atoms with E-state index in [0.717, 1.165) is 18.2 Å². The summed E-state index contributed by atoms with van der Waals surface area (Å²) in [7, 11) is -1.04. The van der Waals surface area contributed by atoms with Crippen molar-refractivity contribution in [2.24, 2.45) is 5.92 Å². The number of nitrogens with zero attached hydrogens (tertiary/aromatic N) is 4. The van der Waals surface area contributed by atoms with Crippen LogP contribution in [0.1, 0.15) is 35.4 Å². The second kappa shape index (κ2) is 12.2. The summed E-state index contributed by atoms with van der Waals surface area (Å²) in [6.45, 7) is 0.409. The highest BCUT2D eigenvalue weighted by molar-refractivity contribution is 7.88. The van der Waals surface area contributed by atoms with E-state index in [2.05, 4.69) is 0 Å². The summed E-state index contributed by atoms with van der Waals surface area (Å²) in [5.74, 6) is -1.85. The molecule has 0 unspecified atom stereocenters. The number of rotatable bonds is 5. The van der Waals surface area contributed by atoms with E-state index in [1.807, 2.05) is 0 Å². The fraction of sp³-hybridized carbons (Fsp3) is 0.500. The van der Waals surface area contributed by atoms with Crippen LogP contribution in [0.25, 0.3) is 0 Å². The average molecular weight is 653 g/mol. The Kier molecular flexibility index (Phi) is 9.27. The van der Waals surface area contributed by atoms with Crippen LogP contribution in [0.2, 0.25) is 0 Å². The number of sulfonamides is 1. The van der Waals surface area contributed by atoms with Gasteiger partial charge in [-0.15, -0.1) is 0 Å². The molecule has 0 saturated carbocycles. The zero-order valence-electron chi connectivity index (χ0n) is 24.0. The van der Waals surface area contributed by atoms with Crippen molar-refractivity contribution in [2.75, 3.05) is 51.4 Å². The van der Waals surface area contributed by atoms with E-state index in [0.29, 0.717) is 22.6 Å². The Morgan fingerprint density at radius 1 is 0.864 bits per heavy atom. The van der Waals surface area contributed by atoms with Crippen molar-refractivity contribution in [2.45, 2.75) is 37.2 Å². The predicted molar refractivity (Wildman–Crippen MR) is 147 cm³/mol. The SMILES string of the molecule is CN(C(=O)N(C)[C@@H]1CN(C(=O)C2CCN(S(C)(=O)=O)CC2)C[C@H]1c1ccc(F)cc1)c1cc(C(F)(F)F)cc(C(F)(F)F)c1. The average Bonchev–Trinajstić information content (AvgIpc) is 3.40. The van der Waals surface area contributed by atoms with Crippen molar-refractivity contribution < 1.29 is 48.7 Å². The van der Waals surface area contributed by atoms with Crippen molar-refractivity contribution in [3.8, 4) is 0 Å². The Balaban J connectivity index is 1.60. The third-order valence-corrected chi connectivity index (χ3v) is 9.52. The number of hydrogen-bond acceptors (Lipinski definition) is 4. The monoisotopic (exact) mass is 652 g/mol. The standard InChI is InChI=1S/C28H31F7N4O4S/c1-36(22-13-19(27(30,31)32)12-20(14-22)28(33,34)35)26(41)37(2)24-16-38(15-23(24)17-4-6-21(29)7-5-17)25(40)18-8-10-39(11-9-18)44(3,42)43/h4-7,12-14,18,23-24H,8-11,15-16H2,1-3H3/t23-,24+/m0/s1. The number of likely N-dealkylation sites (N-methyl/N-ethyl adjacent to an activating group) is 1. The van der Waals surface area contributed by atoms with Gasteiger partial charge in [0.15, 0.2) is 0 Å². The maximum atomic E-state index is 13.7. The zero-order chi connectivity index (χ0) is 32.8. The normalized spacial score (nSPS) is 20.5. The number of hydrogen-bond donors (Lipinski definition) is 0. The highest BCUT2D eigenvalue weighted by Crippen LogP contribution is 2.39. The molecule has 0 radical (unpaired) electrons. The van der Waals surface area contributed by atoms with Crippen LogP contribution in [0.5, 0.6) is 0 Å². The number of amides is 3. The highest BCUT2D eigenvalue weighted by Gasteiger charge is 2.43. The van der Waals surface area contributed by atoms with Crippen LogP contribution >= 0.6 is 0 Å². The molecule has 8 nitrogen and oxygen atoms in total. The first-order valence-corrected chi connectivity index (χ1v) is 15.4. The van der Waals surface area contributed by atoms with E-state index < -0.39 is 68.9 Å². The molecule has 2 heterocycles. The molecule has 2 aliphatic rings. The van der Waals surface area contributed by atoms with E-state index in [9.17, 15) is 48.7 Å². The van der Waals surface area contributed by atoms with Crippen LogP contribution in [-0.4, -0.2) is 87.0 Å². The van der Waals surface area contributed by atoms with E-state index >= 15 is 0 Å². The lowest BCUT2D eigenvalue weighted by Gasteiger charge is -2.33. The van der Waals surface area contributed by atoms with E-state index in [4.69, 9.17) is 0 Å². The maximum Gasteiger partial charge on any atom is 0.416 e. The molecule has 2 fully saturated rings. The molecule has 0 N–H and O–H groups in total. The molecule has 0 aromatic heterocycles. The molecule has 3 amide bonds. The zero-order valence-corrected chi connectivity index (χ0v) is 24.8. The summed E-state index contributed by atoms with van der Waals surface area (Å²) in [5.41, 5.74) is -3.22. The van der Waals surface area contributed by atoms with Gasteiger partial charge >= 0.3 is 18.4 Å². The molecule has 0 aliphatic carbocycles. The molecule has 2 atom stereocenters. The first-order valence-electron chi connectivity index (χ1n) is 13.6. The van der Waals surface area contributed by atoms with Crippen LogP contribution in [0.3, 0.4) is 0 Å². The van der Waals surface area contributed by atoms with Crippen LogP contribution in [0.4, 0.5) is 41.2 Å². The van der Waals surface area contributed by atoms with Gasteiger partial charge in [0.25, 0.3) is 0 Å². The summed E-state index contributed by atoms with van der Waals surface area (Å²) in [5, 5.41) is 0. The highest BCUT2D eigenvalue weighted by atomic mass is 32.2. The summed E-state index contributed by atoms with van der Waals surface area (Å²) in [4.78, 5) is 30.4. The Labute approximate surface area is 250 Å². The smallest absolute Gasteiger partial charge is 0.340 e. The Morgan fingerprint density at radius 2 is 1.39 bits per heavy atom. The Hall–Kier alpha value is -3.40. The topological polar surface area (TPSA) is 81.2 Å². The van der Waals surface area contributed by atoms with Crippen molar-refractivity contribution in [1.29, 1.82) is 0 Å². The molecular weight excluding hydrogens is 621 g/mol. The second-order valence-electron chi connectivity index (χ2n) is 11.1. The van der Waals surface area contributed by atoms with Crippen molar-refractivity contribution in [3.05, 3.63) is 65.0 Å². The summed E-state index contributed by atoms with van der Waals surface area (Å²) < 4.78 is 119. The van der Waals surface area contributed by atoms with Gasteiger partial charge < -0.3 is 9.80 Å². The molecule has 0 bridgehead atoms. The van der Waals surface area contributed by atoms with Gasteiger partial charge in [0.05, 0.1) is 23.4 Å². The second-order valence-corrected chi connectivity index (χ2v) is 13.1. The molecule has 242 valence electrons. The summed E-state index contributed by atoms with van der Waals surface area (Å²) in [6.07, 6.45) is -8.57. The molecule has 2 aromatic rings. The number of halogens is 7. The number of carbonyl (C=O) groups is 2. The number of benzene rings is 2. The number of urea groups is 1. The molecule has 0 spiro atoms. The first-order chi connectivity index (χ1) is 20.3. The quantitative estimate of drug-likeness (QED) is 0.426.